The van der Waals surface area contributed by atoms with Crippen molar-refractivity contribution in [3.8, 4) is 0 Å². The molecule has 4 rings (SSSR count). The maximum atomic E-state index is 13.4. The second-order valence-electron chi connectivity index (χ2n) is 6.70. The zero-order chi connectivity index (χ0) is 21.6. The third-order valence-electron chi connectivity index (χ3n) is 4.91. The molecule has 0 bridgehead atoms. The summed E-state index contributed by atoms with van der Waals surface area (Å²) in [5, 5.41) is 16.6. The smallest absolute Gasteiger partial charge is 0.382 e. The standard InChI is InChI=1S/C18H14ClF4N5O2/c19-15-12(7-25-26-17(15)30)27-3-4-28-13(6-24-14(28)8-27)16(29)10-2-1-9(20)5-11(10)18(21,22)23/h1-2,5-7,16,29H,3-4,8H2,(H,26,30). The number of hydrogen-bond acceptors (Lipinski definition) is 5. The number of anilines is 1. The number of rotatable bonds is 3. The zero-order valence-electron chi connectivity index (χ0n) is 15.1. The summed E-state index contributed by atoms with van der Waals surface area (Å²) in [6.07, 6.45) is -3.80. The Morgan fingerprint density at radius 2 is 2.00 bits per heavy atom. The highest BCUT2D eigenvalue weighted by atomic mass is 35.5. The first kappa shape index (κ1) is 20.4. The van der Waals surface area contributed by atoms with E-state index in [2.05, 4.69) is 15.2 Å². The Hall–Kier alpha value is -2.92. The van der Waals surface area contributed by atoms with Crippen LogP contribution in [0.25, 0.3) is 0 Å². The normalized spacial score (nSPS) is 15.2. The molecule has 0 saturated heterocycles. The molecule has 0 spiro atoms. The second kappa shape index (κ2) is 7.40. The number of fused-ring (bicyclic) bond motifs is 1. The molecule has 3 heterocycles. The van der Waals surface area contributed by atoms with Gasteiger partial charge in [0.2, 0.25) is 0 Å². The predicted octanol–water partition coefficient (Wildman–Crippen LogP) is 2.88. The van der Waals surface area contributed by atoms with Crippen molar-refractivity contribution in [2.24, 2.45) is 0 Å². The summed E-state index contributed by atoms with van der Waals surface area (Å²) in [7, 11) is 0. The highest BCUT2D eigenvalue weighted by Crippen LogP contribution is 2.37. The van der Waals surface area contributed by atoms with Gasteiger partial charge in [-0.2, -0.15) is 18.3 Å². The van der Waals surface area contributed by atoms with Gasteiger partial charge in [0.1, 0.15) is 22.8 Å². The lowest BCUT2D eigenvalue weighted by Crippen LogP contribution is -2.35. The molecule has 2 aromatic heterocycles. The molecule has 1 aliphatic heterocycles. The molecule has 1 aliphatic rings. The molecule has 0 saturated carbocycles. The third kappa shape index (κ3) is 3.54. The second-order valence-corrected chi connectivity index (χ2v) is 7.08. The minimum atomic E-state index is -4.83. The van der Waals surface area contributed by atoms with Crippen LogP contribution in [0.2, 0.25) is 5.02 Å². The number of aromatic amines is 1. The maximum Gasteiger partial charge on any atom is 0.416 e. The molecule has 1 aromatic carbocycles. The number of H-pyrrole nitrogens is 1. The van der Waals surface area contributed by atoms with Crippen LogP contribution < -0.4 is 10.5 Å². The molecule has 7 nitrogen and oxygen atoms in total. The first-order chi connectivity index (χ1) is 14.2. The van der Waals surface area contributed by atoms with Crippen LogP contribution in [-0.2, 0) is 19.3 Å². The summed E-state index contributed by atoms with van der Waals surface area (Å²) < 4.78 is 54.9. The number of hydrogen-bond donors (Lipinski definition) is 2. The van der Waals surface area contributed by atoms with Gasteiger partial charge in [-0.15, -0.1) is 0 Å². The van der Waals surface area contributed by atoms with E-state index in [9.17, 15) is 27.5 Å². The molecule has 0 fully saturated rings. The van der Waals surface area contributed by atoms with E-state index in [1.807, 2.05) is 0 Å². The molecule has 1 unspecified atom stereocenters. The van der Waals surface area contributed by atoms with Gasteiger partial charge >= 0.3 is 6.18 Å². The lowest BCUT2D eigenvalue weighted by molar-refractivity contribution is -0.139. The molecule has 3 aromatic rings. The predicted molar refractivity (Wildman–Crippen MR) is 98.6 cm³/mol. The number of alkyl halides is 3. The van der Waals surface area contributed by atoms with Gasteiger partial charge < -0.3 is 14.6 Å². The van der Waals surface area contributed by atoms with E-state index in [4.69, 9.17) is 11.6 Å². The quantitative estimate of drug-likeness (QED) is 0.608. The Kier molecular flexibility index (Phi) is 5.02. The number of aromatic nitrogens is 4. The fourth-order valence-electron chi connectivity index (χ4n) is 3.47. The van der Waals surface area contributed by atoms with Crippen LogP contribution in [0.3, 0.4) is 0 Å². The minimum Gasteiger partial charge on any atom is -0.382 e. The molecular weight excluding hydrogens is 430 g/mol. The van der Waals surface area contributed by atoms with Crippen molar-refractivity contribution in [2.75, 3.05) is 11.4 Å². The van der Waals surface area contributed by atoms with Crippen LogP contribution in [0.4, 0.5) is 23.2 Å². The molecular formula is C18H14ClF4N5O2. The number of aliphatic hydroxyl groups excluding tert-OH is 1. The number of halogens is 5. The average Bonchev–Trinajstić information content (AvgIpc) is 3.12. The summed E-state index contributed by atoms with van der Waals surface area (Å²) in [5.74, 6) is -0.588. The van der Waals surface area contributed by atoms with Crippen molar-refractivity contribution >= 4 is 17.3 Å². The van der Waals surface area contributed by atoms with Crippen LogP contribution in [-0.4, -0.2) is 31.4 Å². The van der Waals surface area contributed by atoms with Crippen LogP contribution >= 0.6 is 11.6 Å². The first-order valence-corrected chi connectivity index (χ1v) is 9.11. The van der Waals surface area contributed by atoms with Crippen molar-refractivity contribution in [3.63, 3.8) is 0 Å². The number of nitrogens with zero attached hydrogens (tertiary/aromatic N) is 4. The van der Waals surface area contributed by atoms with Gasteiger partial charge in [0.05, 0.1) is 35.9 Å². The number of aliphatic hydroxyl groups is 1. The zero-order valence-corrected chi connectivity index (χ0v) is 15.9. The van der Waals surface area contributed by atoms with Crippen LogP contribution in [0, 0.1) is 5.82 Å². The Morgan fingerprint density at radius 1 is 1.23 bits per heavy atom. The number of imidazole rings is 1. The van der Waals surface area contributed by atoms with Crippen molar-refractivity contribution in [1.29, 1.82) is 0 Å². The first-order valence-electron chi connectivity index (χ1n) is 8.74. The van der Waals surface area contributed by atoms with Crippen molar-refractivity contribution in [2.45, 2.75) is 25.4 Å². The van der Waals surface area contributed by atoms with Crippen LogP contribution in [0.1, 0.15) is 28.7 Å². The molecule has 12 heteroatoms. The Labute approximate surface area is 171 Å². The van der Waals surface area contributed by atoms with E-state index in [1.54, 1.807) is 9.47 Å². The van der Waals surface area contributed by atoms with Crippen LogP contribution in [0.5, 0.6) is 0 Å². The Morgan fingerprint density at radius 3 is 2.73 bits per heavy atom. The van der Waals surface area contributed by atoms with Gasteiger partial charge in [-0.1, -0.05) is 17.7 Å². The van der Waals surface area contributed by atoms with Crippen molar-refractivity contribution < 1.29 is 22.7 Å². The van der Waals surface area contributed by atoms with E-state index >= 15 is 0 Å². The molecule has 0 radical (unpaired) electrons. The summed E-state index contributed by atoms with van der Waals surface area (Å²) in [6.45, 7) is 0.823. The molecule has 0 amide bonds. The van der Waals surface area contributed by atoms with Gasteiger partial charge in [-0.3, -0.25) is 4.79 Å². The van der Waals surface area contributed by atoms with Crippen molar-refractivity contribution in [3.05, 3.63) is 74.4 Å². The van der Waals surface area contributed by atoms with Gasteiger partial charge in [-0.25, -0.2) is 14.5 Å². The molecule has 158 valence electrons. The molecule has 1 atom stereocenters. The lowest BCUT2D eigenvalue weighted by atomic mass is 9.99. The number of nitrogens with one attached hydrogen (secondary N) is 1. The SMILES string of the molecule is O=c1[nH]ncc(N2CCn3c(C(O)c4ccc(F)cc4C(F)(F)F)cnc3C2)c1Cl. The van der Waals surface area contributed by atoms with E-state index in [1.165, 1.54) is 12.4 Å². The van der Waals surface area contributed by atoms with E-state index in [0.717, 1.165) is 12.1 Å². The van der Waals surface area contributed by atoms with Crippen LogP contribution in [0.15, 0.2) is 35.4 Å². The topological polar surface area (TPSA) is 87.0 Å². The monoisotopic (exact) mass is 443 g/mol. The summed E-state index contributed by atoms with van der Waals surface area (Å²) >= 11 is 6.03. The summed E-state index contributed by atoms with van der Waals surface area (Å²) in [5.41, 5.74) is -1.71. The average molecular weight is 444 g/mol. The third-order valence-corrected chi connectivity index (χ3v) is 5.27. The Bertz CT molecular complexity index is 1160. The van der Waals surface area contributed by atoms with Crippen molar-refractivity contribution in [1.82, 2.24) is 19.7 Å². The van der Waals surface area contributed by atoms with E-state index < -0.39 is 34.8 Å². The van der Waals surface area contributed by atoms with Gasteiger partial charge in [0.25, 0.3) is 5.56 Å². The summed E-state index contributed by atoms with van der Waals surface area (Å²) in [4.78, 5) is 17.6. The number of benzene rings is 1. The lowest BCUT2D eigenvalue weighted by Gasteiger charge is -2.31. The fraction of sp³-hybridized carbons (Fsp3) is 0.278. The van der Waals surface area contributed by atoms with Gasteiger partial charge in [0.15, 0.2) is 0 Å². The molecule has 30 heavy (non-hydrogen) atoms. The Balaban J connectivity index is 1.67. The van der Waals surface area contributed by atoms with Gasteiger partial charge in [0, 0.05) is 13.1 Å². The molecule has 2 N–H and O–H groups in total. The largest absolute Gasteiger partial charge is 0.416 e. The van der Waals surface area contributed by atoms with E-state index in [0.29, 0.717) is 24.1 Å². The maximum absolute atomic E-state index is 13.4. The molecule has 0 aliphatic carbocycles. The summed E-state index contributed by atoms with van der Waals surface area (Å²) in [6, 6.07) is 2.14. The highest BCUT2D eigenvalue weighted by Gasteiger charge is 2.37. The van der Waals surface area contributed by atoms with Gasteiger partial charge in [-0.05, 0) is 17.7 Å². The van der Waals surface area contributed by atoms with E-state index in [-0.39, 0.29) is 23.8 Å². The highest BCUT2D eigenvalue weighted by molar-refractivity contribution is 6.32. The fourth-order valence-corrected chi connectivity index (χ4v) is 3.68. The minimum absolute atomic E-state index is 0.0357.